The zero-order chi connectivity index (χ0) is 19.3. The molecule has 1 amide bonds. The van der Waals surface area contributed by atoms with E-state index in [0.717, 1.165) is 0 Å². The normalized spacial score (nSPS) is 27.8. The summed E-state index contributed by atoms with van der Waals surface area (Å²) in [6, 6.07) is 1.46. The molecule has 0 aromatic carbocycles. The van der Waals surface area contributed by atoms with Gasteiger partial charge in [-0.1, -0.05) is 12.0 Å². The van der Waals surface area contributed by atoms with Gasteiger partial charge in [-0.25, -0.2) is 4.79 Å². The van der Waals surface area contributed by atoms with Crippen LogP contribution in [0.25, 0.3) is 10.4 Å². The summed E-state index contributed by atoms with van der Waals surface area (Å²) >= 11 is 0. The minimum atomic E-state index is -1.03. The number of aromatic nitrogens is 2. The van der Waals surface area contributed by atoms with Crippen LogP contribution in [0.4, 0.5) is 5.82 Å². The number of nitrogens with one attached hydrogen (secondary N) is 1. The zero-order valence-electron chi connectivity index (χ0n) is 14.8. The third kappa shape index (κ3) is 3.86. The lowest BCUT2D eigenvalue weighted by Gasteiger charge is -2.30. The Kier molecular flexibility index (Phi) is 6.32. The van der Waals surface area contributed by atoms with Crippen LogP contribution >= 0.6 is 0 Å². The van der Waals surface area contributed by atoms with Gasteiger partial charge in [0.2, 0.25) is 5.91 Å². The Hall–Kier alpha value is -2.46. The van der Waals surface area contributed by atoms with Crippen molar-refractivity contribution in [3.05, 3.63) is 33.2 Å². The average molecular weight is 366 g/mol. The first-order chi connectivity index (χ1) is 12.4. The van der Waals surface area contributed by atoms with Crippen LogP contribution in [0.5, 0.6) is 0 Å². The molecule has 1 aromatic heterocycles. The lowest BCUT2D eigenvalue weighted by atomic mass is 9.89. The molecule has 0 spiro atoms. The minimum absolute atomic E-state index is 0.122. The average Bonchev–Trinajstić information content (AvgIpc) is 2.87. The summed E-state index contributed by atoms with van der Waals surface area (Å²) in [7, 11) is 1.41. The Labute approximate surface area is 149 Å². The van der Waals surface area contributed by atoms with Crippen LogP contribution in [-0.4, -0.2) is 52.0 Å². The number of carbonyl (C=O) groups excluding carboxylic acids is 1. The van der Waals surface area contributed by atoms with E-state index in [-0.39, 0.29) is 24.7 Å². The number of ether oxygens (including phenoxy) is 2. The fraction of sp³-hybridized carbons (Fsp3) is 0.667. The van der Waals surface area contributed by atoms with Crippen LogP contribution in [0, 0.1) is 0 Å². The van der Waals surface area contributed by atoms with Gasteiger partial charge < -0.3 is 19.9 Å². The highest BCUT2D eigenvalue weighted by molar-refractivity contribution is 5.87. The number of nitrogens with zero attached hydrogens (tertiary/aromatic N) is 5. The van der Waals surface area contributed by atoms with Crippen molar-refractivity contribution < 1.29 is 19.4 Å². The van der Waals surface area contributed by atoms with Gasteiger partial charge in [0, 0.05) is 31.7 Å². The van der Waals surface area contributed by atoms with Crippen LogP contribution in [0.2, 0.25) is 0 Å². The molecule has 0 radical (unpaired) electrons. The number of hydrogen-bond donors (Lipinski definition) is 2. The Morgan fingerprint density at radius 1 is 1.65 bits per heavy atom. The fourth-order valence-electron chi connectivity index (χ4n) is 3.11. The summed E-state index contributed by atoms with van der Waals surface area (Å²) in [5.74, 6) is -0.226. The quantitative estimate of drug-likeness (QED) is 0.416. The van der Waals surface area contributed by atoms with E-state index in [4.69, 9.17) is 15.0 Å². The predicted octanol–water partition coefficient (Wildman–Crippen LogP) is 0.956. The highest BCUT2D eigenvalue weighted by Gasteiger charge is 2.54. The molecule has 1 saturated heterocycles. The van der Waals surface area contributed by atoms with Crippen LogP contribution in [0.3, 0.4) is 0 Å². The van der Waals surface area contributed by atoms with Crippen LogP contribution < -0.4 is 11.0 Å². The molecule has 11 heteroatoms. The van der Waals surface area contributed by atoms with Crippen molar-refractivity contribution in [3.63, 3.8) is 0 Å². The summed E-state index contributed by atoms with van der Waals surface area (Å²) in [5, 5.41) is 16.6. The Bertz CT molecular complexity index is 761. The van der Waals surface area contributed by atoms with Crippen LogP contribution in [0.1, 0.15) is 32.9 Å². The van der Waals surface area contributed by atoms with Gasteiger partial charge in [0.05, 0.1) is 5.60 Å². The fourth-order valence-corrected chi connectivity index (χ4v) is 3.11. The maximum absolute atomic E-state index is 12.4. The van der Waals surface area contributed by atoms with Crippen molar-refractivity contribution >= 4 is 11.7 Å². The summed E-state index contributed by atoms with van der Waals surface area (Å²) < 4.78 is 12.6. The first kappa shape index (κ1) is 19.9. The number of aliphatic hydroxyl groups is 1. The van der Waals surface area contributed by atoms with Crippen molar-refractivity contribution in [2.24, 2.45) is 5.11 Å². The van der Waals surface area contributed by atoms with Gasteiger partial charge >= 0.3 is 5.69 Å². The van der Waals surface area contributed by atoms with Crippen molar-refractivity contribution in [1.29, 1.82) is 0 Å². The molecule has 2 heterocycles. The molecule has 2 rings (SSSR count). The molecule has 0 aliphatic carbocycles. The van der Waals surface area contributed by atoms with E-state index in [1.54, 1.807) is 0 Å². The van der Waals surface area contributed by atoms with E-state index in [2.05, 4.69) is 20.3 Å². The second-order valence-corrected chi connectivity index (χ2v) is 5.96. The first-order valence-corrected chi connectivity index (χ1v) is 8.15. The molecule has 1 aliphatic rings. The summed E-state index contributed by atoms with van der Waals surface area (Å²) in [6.07, 6.45) is -0.629. The van der Waals surface area contributed by atoms with Gasteiger partial charge in [0.25, 0.3) is 0 Å². The molecule has 0 bridgehead atoms. The zero-order valence-corrected chi connectivity index (χ0v) is 14.8. The lowest BCUT2D eigenvalue weighted by molar-refractivity contribution is -0.114. The monoisotopic (exact) mass is 366 g/mol. The largest absolute Gasteiger partial charge is 0.387 e. The molecule has 2 N–H and O–H groups in total. The van der Waals surface area contributed by atoms with Crippen molar-refractivity contribution in [2.75, 3.05) is 19.0 Å². The molecule has 1 aliphatic heterocycles. The molecule has 1 unspecified atom stereocenters. The number of carbonyl (C=O) groups is 1. The molecule has 26 heavy (non-hydrogen) atoms. The molecule has 0 saturated carbocycles. The van der Waals surface area contributed by atoms with Gasteiger partial charge in [-0.2, -0.15) is 4.98 Å². The number of anilines is 1. The number of aliphatic hydroxyl groups excluding tert-OH is 1. The number of methoxy groups -OCH3 is 1. The van der Waals surface area contributed by atoms with Gasteiger partial charge in [-0.3, -0.25) is 9.36 Å². The molecular formula is C15H22N6O5. The predicted molar refractivity (Wildman–Crippen MR) is 91.4 cm³/mol. The lowest BCUT2D eigenvalue weighted by Crippen LogP contribution is -2.43. The van der Waals surface area contributed by atoms with E-state index < -0.39 is 29.7 Å². The number of amides is 1. The molecule has 1 fully saturated rings. The van der Waals surface area contributed by atoms with Gasteiger partial charge in [0.15, 0.2) is 6.23 Å². The smallest absolute Gasteiger partial charge is 0.351 e. The Morgan fingerprint density at radius 3 is 2.92 bits per heavy atom. The molecule has 11 nitrogen and oxygen atoms in total. The van der Waals surface area contributed by atoms with Crippen molar-refractivity contribution in [1.82, 2.24) is 9.55 Å². The van der Waals surface area contributed by atoms with E-state index in [9.17, 15) is 14.7 Å². The third-order valence-corrected chi connectivity index (χ3v) is 4.46. The summed E-state index contributed by atoms with van der Waals surface area (Å²) in [6.45, 7) is 3.28. The van der Waals surface area contributed by atoms with Crippen molar-refractivity contribution in [3.8, 4) is 0 Å². The second kappa shape index (κ2) is 8.28. The maximum Gasteiger partial charge on any atom is 0.351 e. The Morgan fingerprint density at radius 2 is 2.38 bits per heavy atom. The van der Waals surface area contributed by atoms with E-state index >= 15 is 0 Å². The minimum Gasteiger partial charge on any atom is -0.387 e. The number of azide groups is 1. The molecule has 1 aromatic rings. The Balaban J connectivity index is 2.34. The van der Waals surface area contributed by atoms with Crippen molar-refractivity contribution in [2.45, 2.75) is 50.7 Å². The number of rotatable bonds is 7. The standard InChI is InChI=1S/C15H22N6O5/c1-4-15(6-7-17-20-16)12(23)11(25-3)13(26-15)21-8-5-10(18-9(2)22)19-14(21)24/h5,8,11-13,23H,4,6-7H2,1-3H3,(H,18,19,22,24)/t11?,12-,13-,15+/m1/s1. The van der Waals surface area contributed by atoms with Gasteiger partial charge in [-0.05, 0) is 24.4 Å². The first-order valence-electron chi connectivity index (χ1n) is 8.15. The summed E-state index contributed by atoms with van der Waals surface area (Å²) in [5.41, 5.74) is 6.79. The maximum atomic E-state index is 12.4. The summed E-state index contributed by atoms with van der Waals surface area (Å²) in [4.78, 5) is 29.9. The second-order valence-electron chi connectivity index (χ2n) is 5.96. The van der Waals surface area contributed by atoms with Gasteiger partial charge in [-0.15, -0.1) is 0 Å². The third-order valence-electron chi connectivity index (χ3n) is 4.46. The molecule has 4 atom stereocenters. The van der Waals surface area contributed by atoms with Crippen LogP contribution in [-0.2, 0) is 14.3 Å². The molecular weight excluding hydrogens is 344 g/mol. The van der Waals surface area contributed by atoms with Crippen LogP contribution in [0.15, 0.2) is 22.2 Å². The highest BCUT2D eigenvalue weighted by Crippen LogP contribution is 2.42. The van der Waals surface area contributed by atoms with E-state index in [1.165, 1.54) is 30.9 Å². The SMILES string of the molecule is CC[C@@]1(CCN=[N+]=[N-])O[C@@H](n2ccc(NC(C)=O)nc2=O)C(OC)[C@H]1O. The van der Waals surface area contributed by atoms with Gasteiger partial charge in [0.1, 0.15) is 18.0 Å². The van der Waals surface area contributed by atoms with E-state index in [1.807, 2.05) is 6.92 Å². The number of hydrogen-bond acceptors (Lipinski definition) is 7. The van der Waals surface area contributed by atoms with E-state index in [0.29, 0.717) is 6.42 Å². The molecule has 142 valence electrons. The highest BCUT2D eigenvalue weighted by atomic mass is 16.6. The topological polar surface area (TPSA) is 151 Å².